The highest BCUT2D eigenvalue weighted by Gasteiger charge is 2.22. The number of halogens is 2. The van der Waals surface area contributed by atoms with Crippen molar-refractivity contribution in [2.45, 2.75) is 19.5 Å². The molecular formula is C22H19F2N3O. The Balaban J connectivity index is 1.61. The molecule has 0 aliphatic carbocycles. The van der Waals surface area contributed by atoms with Crippen molar-refractivity contribution in [3.8, 4) is 5.75 Å². The maximum absolute atomic E-state index is 13.6. The first-order valence-corrected chi connectivity index (χ1v) is 8.91. The molecule has 2 heterocycles. The Labute approximate surface area is 161 Å². The minimum atomic E-state index is -0.588. The van der Waals surface area contributed by atoms with Crippen LogP contribution in [-0.4, -0.2) is 15.1 Å². The summed E-state index contributed by atoms with van der Waals surface area (Å²) >= 11 is 0. The van der Waals surface area contributed by atoms with Gasteiger partial charge in [-0.05, 0) is 48.4 Å². The van der Waals surface area contributed by atoms with Crippen LogP contribution in [0.25, 0.3) is 0 Å². The third kappa shape index (κ3) is 3.96. The van der Waals surface area contributed by atoms with Crippen LogP contribution in [0.4, 0.5) is 8.78 Å². The van der Waals surface area contributed by atoms with E-state index in [1.165, 1.54) is 12.1 Å². The number of hydrogen-bond donors (Lipinski definition) is 1. The molecule has 2 aromatic carbocycles. The quantitative estimate of drug-likeness (QED) is 0.676. The Morgan fingerprint density at radius 3 is 2.64 bits per heavy atom. The van der Waals surface area contributed by atoms with Gasteiger partial charge < -0.3 is 9.64 Å². The van der Waals surface area contributed by atoms with Gasteiger partial charge in [0, 0.05) is 30.6 Å². The van der Waals surface area contributed by atoms with Crippen molar-refractivity contribution >= 4 is 0 Å². The maximum atomic E-state index is 13.6. The van der Waals surface area contributed by atoms with Crippen molar-refractivity contribution < 1.29 is 13.5 Å². The zero-order valence-electron chi connectivity index (χ0n) is 15.3. The van der Waals surface area contributed by atoms with Gasteiger partial charge in [0.1, 0.15) is 23.1 Å². The van der Waals surface area contributed by atoms with Crippen LogP contribution in [-0.2, 0) is 6.54 Å². The largest absolute Gasteiger partial charge is 0.457 e. The molecule has 6 heteroatoms. The van der Waals surface area contributed by atoms with Crippen molar-refractivity contribution in [3.05, 3.63) is 107 Å². The molecule has 142 valence electrons. The van der Waals surface area contributed by atoms with Gasteiger partial charge >= 0.3 is 0 Å². The van der Waals surface area contributed by atoms with Crippen LogP contribution in [0.2, 0.25) is 0 Å². The van der Waals surface area contributed by atoms with E-state index in [9.17, 15) is 8.78 Å². The van der Waals surface area contributed by atoms with Crippen LogP contribution in [0.1, 0.15) is 22.7 Å². The van der Waals surface area contributed by atoms with E-state index < -0.39 is 11.6 Å². The molecule has 1 atom stereocenters. The molecule has 0 saturated heterocycles. The molecule has 1 unspecified atom stereocenters. The lowest BCUT2D eigenvalue weighted by molar-refractivity contribution is 0.296. The molecule has 0 spiro atoms. The van der Waals surface area contributed by atoms with Crippen molar-refractivity contribution in [3.63, 3.8) is 0 Å². The van der Waals surface area contributed by atoms with E-state index in [4.69, 9.17) is 4.74 Å². The molecule has 28 heavy (non-hydrogen) atoms. The third-order valence-electron chi connectivity index (χ3n) is 4.58. The van der Waals surface area contributed by atoms with Crippen molar-refractivity contribution in [1.82, 2.24) is 15.1 Å². The highest BCUT2D eigenvalue weighted by Crippen LogP contribution is 2.31. The van der Waals surface area contributed by atoms with Gasteiger partial charge in [0.25, 0.3) is 0 Å². The molecule has 1 aliphatic heterocycles. The van der Waals surface area contributed by atoms with Crippen molar-refractivity contribution in [2.75, 3.05) is 0 Å². The number of benzene rings is 2. The monoisotopic (exact) mass is 379 g/mol. The van der Waals surface area contributed by atoms with E-state index in [1.807, 2.05) is 54.4 Å². The Bertz CT molecular complexity index is 1010. The first kappa shape index (κ1) is 18.0. The average molecular weight is 379 g/mol. The number of hydrogen-bond acceptors (Lipinski definition) is 3. The van der Waals surface area contributed by atoms with E-state index in [0.717, 1.165) is 22.9 Å². The summed E-state index contributed by atoms with van der Waals surface area (Å²) in [5.74, 6) is 0.303. The number of nitrogens with zero attached hydrogens (tertiary/aromatic N) is 2. The molecular weight excluding hydrogens is 360 g/mol. The van der Waals surface area contributed by atoms with Gasteiger partial charge in [-0.3, -0.25) is 5.10 Å². The fourth-order valence-electron chi connectivity index (χ4n) is 3.21. The topological polar surface area (TPSA) is 41.1 Å². The molecule has 1 N–H and O–H groups in total. The molecule has 0 radical (unpaired) electrons. The van der Waals surface area contributed by atoms with Crippen LogP contribution in [0.3, 0.4) is 0 Å². The van der Waals surface area contributed by atoms with Crippen molar-refractivity contribution in [2.24, 2.45) is 0 Å². The van der Waals surface area contributed by atoms with E-state index in [2.05, 4.69) is 10.2 Å². The molecule has 0 bridgehead atoms. The van der Waals surface area contributed by atoms with Gasteiger partial charge in [-0.25, -0.2) is 8.78 Å². The summed E-state index contributed by atoms with van der Waals surface area (Å²) in [5, 5.41) is 6.84. The number of para-hydroxylation sites is 1. The summed E-state index contributed by atoms with van der Waals surface area (Å²) < 4.78 is 33.2. The summed E-state index contributed by atoms with van der Waals surface area (Å²) in [6, 6.07) is 11.2. The summed E-state index contributed by atoms with van der Waals surface area (Å²) in [4.78, 5) is 1.98. The molecule has 3 aromatic rings. The number of H-pyrrole nitrogens is 1. The Kier molecular flexibility index (Phi) is 4.93. The summed E-state index contributed by atoms with van der Waals surface area (Å²) in [7, 11) is 0. The number of allylic oxidation sites excluding steroid dienone is 1. The fourth-order valence-corrected chi connectivity index (χ4v) is 3.21. The fraction of sp³-hybridized carbons (Fsp3) is 0.136. The van der Waals surface area contributed by atoms with Crippen LogP contribution >= 0.6 is 0 Å². The Morgan fingerprint density at radius 1 is 1.14 bits per heavy atom. The first-order chi connectivity index (χ1) is 13.6. The lowest BCUT2D eigenvalue weighted by Gasteiger charge is -2.31. The molecule has 0 saturated carbocycles. The van der Waals surface area contributed by atoms with Gasteiger partial charge in [-0.1, -0.05) is 18.2 Å². The minimum Gasteiger partial charge on any atom is -0.457 e. The minimum absolute atomic E-state index is 0.186. The normalized spacial score (nSPS) is 16.2. The third-order valence-corrected chi connectivity index (χ3v) is 4.58. The second-order valence-electron chi connectivity index (χ2n) is 6.68. The number of rotatable bonds is 5. The highest BCUT2D eigenvalue weighted by molar-refractivity contribution is 5.37. The lowest BCUT2D eigenvalue weighted by Crippen LogP contribution is -2.25. The summed E-state index contributed by atoms with van der Waals surface area (Å²) in [6.45, 7) is 2.33. The summed E-state index contributed by atoms with van der Waals surface area (Å²) in [6.07, 6.45) is 9.20. The summed E-state index contributed by atoms with van der Waals surface area (Å²) in [5.41, 5.74) is 2.51. The number of aromatic amines is 1. The number of nitrogens with one attached hydrogen (secondary N) is 1. The van der Waals surface area contributed by atoms with Crippen LogP contribution in [0.15, 0.2) is 79.0 Å². The number of ether oxygens (including phenoxy) is 1. The van der Waals surface area contributed by atoms with Gasteiger partial charge in [0.2, 0.25) is 0 Å². The van der Waals surface area contributed by atoms with Gasteiger partial charge in [0.15, 0.2) is 0 Å². The first-order valence-electron chi connectivity index (χ1n) is 8.91. The Hall–Kier alpha value is -3.41. The van der Waals surface area contributed by atoms with Crippen molar-refractivity contribution in [1.29, 1.82) is 0 Å². The predicted octanol–water partition coefficient (Wildman–Crippen LogP) is 5.03. The van der Waals surface area contributed by atoms with Crippen LogP contribution in [0, 0.1) is 18.6 Å². The zero-order valence-corrected chi connectivity index (χ0v) is 15.3. The molecule has 4 nitrogen and oxygen atoms in total. The SMILES string of the molecule is Cc1ccccc1OC1=CC(c2cn[nH]c2)N(Cc2cc(F)cc(F)c2)C=C1. The van der Waals surface area contributed by atoms with E-state index in [0.29, 0.717) is 17.9 Å². The van der Waals surface area contributed by atoms with E-state index in [-0.39, 0.29) is 6.04 Å². The molecule has 1 aliphatic rings. The lowest BCUT2D eigenvalue weighted by atomic mass is 10.0. The van der Waals surface area contributed by atoms with Gasteiger partial charge in [0.05, 0.1) is 12.2 Å². The smallest absolute Gasteiger partial charge is 0.130 e. The maximum Gasteiger partial charge on any atom is 0.130 e. The molecule has 1 aromatic heterocycles. The highest BCUT2D eigenvalue weighted by atomic mass is 19.1. The number of aromatic nitrogens is 2. The standard InChI is InChI=1S/C22H19F2N3O/c1-15-4-2-3-5-22(15)28-20-6-7-27(21(11-20)17-12-25-26-13-17)14-16-8-18(23)10-19(24)9-16/h2-13,21H,14H2,1H3,(H,25,26). The number of aryl methyl sites for hydroxylation is 1. The van der Waals surface area contributed by atoms with Gasteiger partial charge in [-0.15, -0.1) is 0 Å². The second-order valence-corrected chi connectivity index (χ2v) is 6.68. The zero-order chi connectivity index (χ0) is 19.5. The van der Waals surface area contributed by atoms with E-state index in [1.54, 1.807) is 12.4 Å². The van der Waals surface area contributed by atoms with E-state index >= 15 is 0 Å². The van der Waals surface area contributed by atoms with Crippen LogP contribution < -0.4 is 4.74 Å². The second kappa shape index (κ2) is 7.68. The van der Waals surface area contributed by atoms with Crippen LogP contribution in [0.5, 0.6) is 5.75 Å². The Morgan fingerprint density at radius 2 is 1.93 bits per heavy atom. The molecule has 0 amide bonds. The van der Waals surface area contributed by atoms with Gasteiger partial charge in [-0.2, -0.15) is 5.10 Å². The average Bonchev–Trinajstić information content (AvgIpc) is 3.18. The molecule has 4 rings (SSSR count). The predicted molar refractivity (Wildman–Crippen MR) is 102 cm³/mol. The molecule has 0 fully saturated rings.